The van der Waals surface area contributed by atoms with Crippen molar-refractivity contribution < 1.29 is 14.3 Å². The molecule has 0 heterocycles. The van der Waals surface area contributed by atoms with Gasteiger partial charge in [0.25, 0.3) is 0 Å². The zero-order valence-corrected chi connectivity index (χ0v) is 21.8. The van der Waals surface area contributed by atoms with Crippen LogP contribution in [0.15, 0.2) is 115 Å². The van der Waals surface area contributed by atoms with Crippen LogP contribution in [-0.4, -0.2) is 29.9 Å². The van der Waals surface area contributed by atoms with Crippen LogP contribution in [0.5, 0.6) is 5.75 Å². The number of carbonyl (C=O) groups excluding carboxylic acids is 2. The van der Waals surface area contributed by atoms with Gasteiger partial charge >= 0.3 is 0 Å². The first-order chi connectivity index (χ1) is 18.6. The maximum atomic E-state index is 13.8. The highest BCUT2D eigenvalue weighted by Crippen LogP contribution is 2.19. The van der Waals surface area contributed by atoms with Gasteiger partial charge < -0.3 is 15.0 Å². The first kappa shape index (κ1) is 26.7. The molecule has 1 N–H and O–H groups in total. The van der Waals surface area contributed by atoms with E-state index in [1.807, 2.05) is 115 Å². The molecule has 0 aromatic heterocycles. The van der Waals surface area contributed by atoms with Gasteiger partial charge in [0.15, 0.2) is 0 Å². The number of benzene rings is 4. The Hall–Kier alpha value is -4.38. The van der Waals surface area contributed by atoms with E-state index in [4.69, 9.17) is 4.74 Å². The molecule has 4 aromatic carbocycles. The lowest BCUT2D eigenvalue weighted by Crippen LogP contribution is -2.50. The van der Waals surface area contributed by atoms with E-state index in [2.05, 4.69) is 5.32 Å². The molecule has 0 spiro atoms. The Kier molecular flexibility index (Phi) is 9.69. The summed E-state index contributed by atoms with van der Waals surface area (Å²) >= 11 is 0. The fraction of sp³-hybridized carbons (Fsp3) is 0.212. The van der Waals surface area contributed by atoms with Crippen molar-refractivity contribution in [2.75, 3.05) is 7.11 Å². The lowest BCUT2D eigenvalue weighted by Gasteiger charge is -2.32. The molecule has 0 aliphatic carbocycles. The third-order valence-electron chi connectivity index (χ3n) is 6.58. The largest absolute Gasteiger partial charge is 0.496 e. The van der Waals surface area contributed by atoms with E-state index in [1.165, 1.54) is 0 Å². The highest BCUT2D eigenvalue weighted by Gasteiger charge is 2.30. The van der Waals surface area contributed by atoms with Gasteiger partial charge in [-0.3, -0.25) is 9.59 Å². The molecule has 0 unspecified atom stereocenters. The average molecular weight is 507 g/mol. The number of carbonyl (C=O) groups is 2. The quantitative estimate of drug-likeness (QED) is 0.273. The van der Waals surface area contributed by atoms with E-state index in [-0.39, 0.29) is 11.8 Å². The van der Waals surface area contributed by atoms with Crippen molar-refractivity contribution in [3.63, 3.8) is 0 Å². The standard InChI is InChI=1S/C33H34N2O3/c1-38-31-20-12-11-19-29(31)24-34-33(37)30(23-27-15-7-3-8-16-27)35(25-28-17-9-4-10-18-28)32(36)22-21-26-13-5-2-6-14-26/h2-20,30H,21-25H2,1H3,(H,34,37)/t30-/m1/s1. The minimum atomic E-state index is -0.671. The minimum Gasteiger partial charge on any atom is -0.496 e. The molecule has 0 aliphatic rings. The van der Waals surface area contributed by atoms with Gasteiger partial charge in [-0.05, 0) is 29.2 Å². The zero-order chi connectivity index (χ0) is 26.6. The van der Waals surface area contributed by atoms with Crippen molar-refractivity contribution in [3.8, 4) is 5.75 Å². The Morgan fingerprint density at radius 2 is 1.29 bits per heavy atom. The summed E-state index contributed by atoms with van der Waals surface area (Å²) in [7, 11) is 1.62. The first-order valence-corrected chi connectivity index (χ1v) is 12.9. The van der Waals surface area contributed by atoms with Gasteiger partial charge in [-0.15, -0.1) is 0 Å². The van der Waals surface area contributed by atoms with Crippen molar-refractivity contribution in [2.45, 2.75) is 38.4 Å². The number of hydrogen-bond acceptors (Lipinski definition) is 3. The fourth-order valence-corrected chi connectivity index (χ4v) is 4.52. The van der Waals surface area contributed by atoms with Crippen LogP contribution in [0.1, 0.15) is 28.7 Å². The van der Waals surface area contributed by atoms with Crippen LogP contribution in [0.25, 0.3) is 0 Å². The van der Waals surface area contributed by atoms with Crippen LogP contribution in [0.2, 0.25) is 0 Å². The Bertz CT molecular complexity index is 1290. The van der Waals surface area contributed by atoms with Crippen LogP contribution in [0.4, 0.5) is 0 Å². The van der Waals surface area contributed by atoms with Gasteiger partial charge in [-0.25, -0.2) is 0 Å². The predicted octanol–water partition coefficient (Wildman–Crippen LogP) is 5.58. The summed E-state index contributed by atoms with van der Waals surface area (Å²) in [5, 5.41) is 3.08. The molecule has 5 heteroatoms. The zero-order valence-electron chi connectivity index (χ0n) is 21.8. The third-order valence-corrected chi connectivity index (χ3v) is 6.58. The predicted molar refractivity (Wildman–Crippen MR) is 151 cm³/mol. The summed E-state index contributed by atoms with van der Waals surface area (Å²) in [6.07, 6.45) is 1.36. The van der Waals surface area contributed by atoms with Crippen molar-refractivity contribution in [1.82, 2.24) is 10.2 Å². The Morgan fingerprint density at radius 1 is 0.737 bits per heavy atom. The molecule has 0 fully saturated rings. The number of para-hydroxylation sites is 1. The maximum Gasteiger partial charge on any atom is 0.243 e. The maximum absolute atomic E-state index is 13.8. The normalized spacial score (nSPS) is 11.4. The Morgan fingerprint density at radius 3 is 1.92 bits per heavy atom. The molecule has 0 radical (unpaired) electrons. The summed E-state index contributed by atoms with van der Waals surface area (Å²) in [5.74, 6) is 0.474. The van der Waals surface area contributed by atoms with Gasteiger partial charge in [-0.1, -0.05) is 109 Å². The first-order valence-electron chi connectivity index (χ1n) is 12.9. The smallest absolute Gasteiger partial charge is 0.243 e. The second-order valence-corrected chi connectivity index (χ2v) is 9.23. The van der Waals surface area contributed by atoms with E-state index in [1.54, 1.807) is 12.0 Å². The SMILES string of the molecule is COc1ccccc1CNC(=O)[C@@H](Cc1ccccc1)N(Cc1ccccc1)C(=O)CCc1ccccc1. The van der Waals surface area contributed by atoms with E-state index < -0.39 is 6.04 Å². The van der Waals surface area contributed by atoms with Crippen LogP contribution < -0.4 is 10.1 Å². The molecule has 38 heavy (non-hydrogen) atoms. The molecule has 194 valence electrons. The summed E-state index contributed by atoms with van der Waals surface area (Å²) in [6.45, 7) is 0.666. The monoisotopic (exact) mass is 506 g/mol. The second-order valence-electron chi connectivity index (χ2n) is 9.23. The van der Waals surface area contributed by atoms with E-state index in [0.29, 0.717) is 38.1 Å². The third kappa shape index (κ3) is 7.56. The molecule has 2 amide bonds. The van der Waals surface area contributed by atoms with E-state index in [0.717, 1.165) is 22.3 Å². The number of nitrogens with zero attached hydrogens (tertiary/aromatic N) is 1. The number of nitrogens with one attached hydrogen (secondary N) is 1. The molecular weight excluding hydrogens is 472 g/mol. The molecule has 4 rings (SSSR count). The fourth-order valence-electron chi connectivity index (χ4n) is 4.52. The highest BCUT2D eigenvalue weighted by molar-refractivity contribution is 5.88. The average Bonchev–Trinajstić information content (AvgIpc) is 2.98. The van der Waals surface area contributed by atoms with Crippen molar-refractivity contribution >= 4 is 11.8 Å². The van der Waals surface area contributed by atoms with Gasteiger partial charge in [-0.2, -0.15) is 0 Å². The second kappa shape index (κ2) is 13.8. The van der Waals surface area contributed by atoms with Crippen molar-refractivity contribution in [3.05, 3.63) is 138 Å². The number of rotatable bonds is 12. The summed E-state index contributed by atoms with van der Waals surface area (Å²) in [5.41, 5.74) is 3.96. The minimum absolute atomic E-state index is 0.0499. The molecule has 4 aromatic rings. The van der Waals surface area contributed by atoms with Crippen LogP contribution in [0.3, 0.4) is 0 Å². The Balaban J connectivity index is 1.60. The molecule has 0 saturated heterocycles. The lowest BCUT2D eigenvalue weighted by molar-refractivity contribution is -0.141. The molecule has 1 atom stereocenters. The Labute approximate surface area is 225 Å². The number of methoxy groups -OCH3 is 1. The van der Waals surface area contributed by atoms with Crippen LogP contribution >= 0.6 is 0 Å². The summed E-state index contributed by atoms with van der Waals surface area (Å²) in [4.78, 5) is 29.3. The molecule has 5 nitrogen and oxygen atoms in total. The van der Waals surface area contributed by atoms with Crippen LogP contribution in [-0.2, 0) is 35.5 Å². The van der Waals surface area contributed by atoms with Crippen LogP contribution in [0, 0.1) is 0 Å². The highest BCUT2D eigenvalue weighted by atomic mass is 16.5. The molecule has 0 saturated carbocycles. The molecule has 0 bridgehead atoms. The van der Waals surface area contributed by atoms with Crippen molar-refractivity contribution in [2.24, 2.45) is 0 Å². The van der Waals surface area contributed by atoms with Crippen molar-refractivity contribution in [1.29, 1.82) is 0 Å². The van der Waals surface area contributed by atoms with E-state index in [9.17, 15) is 9.59 Å². The van der Waals surface area contributed by atoms with E-state index >= 15 is 0 Å². The summed E-state index contributed by atoms with van der Waals surface area (Å²) in [6, 6.07) is 36.6. The molecule has 0 aliphatic heterocycles. The summed E-state index contributed by atoms with van der Waals surface area (Å²) < 4.78 is 5.46. The lowest BCUT2D eigenvalue weighted by atomic mass is 10.0. The number of ether oxygens (including phenoxy) is 1. The topological polar surface area (TPSA) is 58.6 Å². The number of amides is 2. The van der Waals surface area contributed by atoms with Gasteiger partial charge in [0.1, 0.15) is 11.8 Å². The molecular formula is C33H34N2O3. The van der Waals surface area contributed by atoms with Gasteiger partial charge in [0, 0.05) is 31.5 Å². The number of aryl methyl sites for hydroxylation is 1. The van der Waals surface area contributed by atoms with Gasteiger partial charge in [0.05, 0.1) is 7.11 Å². The van der Waals surface area contributed by atoms with Gasteiger partial charge in [0.2, 0.25) is 11.8 Å². The number of hydrogen-bond donors (Lipinski definition) is 1.